The molecular weight excluding hydrogens is 242 g/mol. The molecule has 1 fully saturated rings. The minimum absolute atomic E-state index is 0.548. The number of allylic oxidation sites excluding steroid dienone is 2. The number of rotatable bonds is 3. The van der Waals surface area contributed by atoms with Crippen molar-refractivity contribution in [3.8, 4) is 0 Å². The first-order chi connectivity index (χ1) is 8.84. The van der Waals surface area contributed by atoms with Gasteiger partial charge in [0.1, 0.15) is 0 Å². The van der Waals surface area contributed by atoms with Gasteiger partial charge in [0.2, 0.25) is 0 Å². The minimum Gasteiger partial charge on any atom is -0.359 e. The van der Waals surface area contributed by atoms with Gasteiger partial charge in [-0.25, -0.2) is 0 Å². The van der Waals surface area contributed by atoms with Gasteiger partial charge in [0, 0.05) is 12.3 Å². The molecular formula is C14H23N3S. The van der Waals surface area contributed by atoms with Crippen molar-refractivity contribution in [1.29, 1.82) is 0 Å². The third kappa shape index (κ3) is 4.77. The lowest BCUT2D eigenvalue weighted by Crippen LogP contribution is -2.41. The summed E-state index contributed by atoms with van der Waals surface area (Å²) in [5.74, 6) is 0.569. The number of hydrogen-bond donors (Lipinski definition) is 2. The number of hydrazone groups is 1. The highest BCUT2D eigenvalue weighted by molar-refractivity contribution is 7.80. The molecule has 0 heterocycles. The van der Waals surface area contributed by atoms with Gasteiger partial charge in [-0.05, 0) is 50.2 Å². The average Bonchev–Trinajstić information content (AvgIpc) is 2.41. The van der Waals surface area contributed by atoms with Crippen LogP contribution in [0.5, 0.6) is 0 Å². The van der Waals surface area contributed by atoms with Crippen LogP contribution in [0.1, 0.15) is 51.4 Å². The van der Waals surface area contributed by atoms with Crippen molar-refractivity contribution < 1.29 is 0 Å². The SMILES string of the molecule is S=C(N/N=C\[C@@H]1CC=CCC1)NC1CCCCC1. The van der Waals surface area contributed by atoms with Gasteiger partial charge in [0.05, 0.1) is 0 Å². The van der Waals surface area contributed by atoms with Crippen molar-refractivity contribution in [2.24, 2.45) is 11.0 Å². The summed E-state index contributed by atoms with van der Waals surface area (Å²) in [5.41, 5.74) is 2.94. The largest absolute Gasteiger partial charge is 0.359 e. The Kier molecular flexibility index (Phi) is 5.65. The van der Waals surface area contributed by atoms with Crippen LogP contribution in [-0.4, -0.2) is 17.4 Å². The van der Waals surface area contributed by atoms with Crippen molar-refractivity contribution in [3.05, 3.63) is 12.2 Å². The second kappa shape index (κ2) is 7.52. The summed E-state index contributed by atoms with van der Waals surface area (Å²) in [7, 11) is 0. The maximum Gasteiger partial charge on any atom is 0.187 e. The van der Waals surface area contributed by atoms with E-state index in [2.05, 4.69) is 28.0 Å². The van der Waals surface area contributed by atoms with Gasteiger partial charge in [0.15, 0.2) is 5.11 Å². The highest BCUT2D eigenvalue weighted by Gasteiger charge is 2.13. The van der Waals surface area contributed by atoms with E-state index in [-0.39, 0.29) is 0 Å². The topological polar surface area (TPSA) is 36.4 Å². The van der Waals surface area contributed by atoms with E-state index in [4.69, 9.17) is 12.2 Å². The van der Waals surface area contributed by atoms with Crippen molar-refractivity contribution in [3.63, 3.8) is 0 Å². The van der Waals surface area contributed by atoms with Crippen LogP contribution >= 0.6 is 12.2 Å². The summed E-state index contributed by atoms with van der Waals surface area (Å²) < 4.78 is 0. The fourth-order valence-electron chi connectivity index (χ4n) is 2.62. The molecule has 0 bridgehead atoms. The van der Waals surface area contributed by atoms with Crippen LogP contribution in [0.3, 0.4) is 0 Å². The Bertz CT molecular complexity index is 319. The molecule has 18 heavy (non-hydrogen) atoms. The van der Waals surface area contributed by atoms with Gasteiger partial charge in [-0.15, -0.1) is 0 Å². The van der Waals surface area contributed by atoms with E-state index in [1.807, 2.05) is 6.21 Å². The molecule has 1 atom stereocenters. The molecule has 4 heteroatoms. The maximum absolute atomic E-state index is 5.25. The Morgan fingerprint density at radius 1 is 1.17 bits per heavy atom. The molecule has 1 saturated carbocycles. The Labute approximate surface area is 115 Å². The molecule has 2 aliphatic rings. The smallest absolute Gasteiger partial charge is 0.187 e. The molecule has 0 saturated heterocycles. The number of hydrogen-bond acceptors (Lipinski definition) is 2. The molecule has 2 aliphatic carbocycles. The third-order valence-electron chi connectivity index (χ3n) is 3.70. The highest BCUT2D eigenvalue weighted by Crippen LogP contribution is 2.17. The van der Waals surface area contributed by atoms with Crippen LogP contribution in [-0.2, 0) is 0 Å². The van der Waals surface area contributed by atoms with E-state index in [1.54, 1.807) is 0 Å². The number of nitrogens with one attached hydrogen (secondary N) is 2. The predicted molar refractivity (Wildman–Crippen MR) is 80.7 cm³/mol. The van der Waals surface area contributed by atoms with E-state index >= 15 is 0 Å². The summed E-state index contributed by atoms with van der Waals surface area (Å²) in [5, 5.41) is 8.27. The first-order valence-corrected chi connectivity index (χ1v) is 7.50. The van der Waals surface area contributed by atoms with Crippen molar-refractivity contribution >= 4 is 23.5 Å². The molecule has 0 aliphatic heterocycles. The average molecular weight is 265 g/mol. The fraction of sp³-hybridized carbons (Fsp3) is 0.714. The molecule has 0 aromatic carbocycles. The standard InChI is InChI=1S/C14H23N3S/c18-14(16-13-9-5-2-6-10-13)17-15-11-12-7-3-1-4-8-12/h1,3,11-13H,2,4-10H2,(H2,16,17,18)/b15-11-/t12-/m1/s1. The van der Waals surface area contributed by atoms with Crippen molar-refractivity contribution in [1.82, 2.24) is 10.7 Å². The summed E-state index contributed by atoms with van der Waals surface area (Å²) in [6.07, 6.45) is 16.4. The molecule has 0 aromatic rings. The molecule has 2 N–H and O–H groups in total. The molecule has 0 aromatic heterocycles. The molecule has 0 unspecified atom stereocenters. The molecule has 0 amide bonds. The molecule has 3 nitrogen and oxygen atoms in total. The zero-order chi connectivity index (χ0) is 12.6. The number of thiocarbonyl (C=S) groups is 1. The highest BCUT2D eigenvalue weighted by atomic mass is 32.1. The van der Waals surface area contributed by atoms with Crippen LogP contribution in [0.15, 0.2) is 17.3 Å². The quantitative estimate of drug-likeness (QED) is 0.356. The first-order valence-electron chi connectivity index (χ1n) is 7.09. The predicted octanol–water partition coefficient (Wildman–Crippen LogP) is 3.13. The van der Waals surface area contributed by atoms with E-state index in [9.17, 15) is 0 Å². The van der Waals surface area contributed by atoms with Crippen molar-refractivity contribution in [2.75, 3.05) is 0 Å². The monoisotopic (exact) mass is 265 g/mol. The summed E-state index contributed by atoms with van der Waals surface area (Å²) in [6.45, 7) is 0. The molecule has 0 radical (unpaired) electrons. The third-order valence-corrected chi connectivity index (χ3v) is 3.91. The van der Waals surface area contributed by atoms with E-state index in [1.165, 1.54) is 44.9 Å². The van der Waals surface area contributed by atoms with Crippen LogP contribution in [0.4, 0.5) is 0 Å². The molecule has 0 spiro atoms. The Morgan fingerprint density at radius 3 is 2.72 bits per heavy atom. The van der Waals surface area contributed by atoms with Gasteiger partial charge in [-0.1, -0.05) is 31.4 Å². The van der Waals surface area contributed by atoms with Crippen LogP contribution in [0.25, 0.3) is 0 Å². The second-order valence-electron chi connectivity index (χ2n) is 5.24. The fourth-order valence-corrected chi connectivity index (χ4v) is 2.84. The molecule has 100 valence electrons. The van der Waals surface area contributed by atoms with Gasteiger partial charge in [0.25, 0.3) is 0 Å². The summed E-state index contributed by atoms with van der Waals surface area (Å²) in [6, 6.07) is 0.548. The second-order valence-corrected chi connectivity index (χ2v) is 5.65. The Morgan fingerprint density at radius 2 is 2.00 bits per heavy atom. The first kappa shape index (κ1) is 13.5. The van der Waals surface area contributed by atoms with Gasteiger partial charge >= 0.3 is 0 Å². The summed E-state index contributed by atoms with van der Waals surface area (Å²) in [4.78, 5) is 0. The lowest BCUT2D eigenvalue weighted by molar-refractivity contribution is 0.412. The normalized spacial score (nSPS) is 25.2. The summed E-state index contributed by atoms with van der Waals surface area (Å²) >= 11 is 5.25. The van der Waals surface area contributed by atoms with Crippen molar-refractivity contribution in [2.45, 2.75) is 57.4 Å². The Balaban J connectivity index is 1.64. The van der Waals surface area contributed by atoms with Gasteiger partial charge < -0.3 is 5.32 Å². The van der Waals surface area contributed by atoms with Crippen LogP contribution < -0.4 is 10.7 Å². The van der Waals surface area contributed by atoms with E-state index < -0.39 is 0 Å². The van der Waals surface area contributed by atoms with Gasteiger partial charge in [-0.3, -0.25) is 5.43 Å². The van der Waals surface area contributed by atoms with Gasteiger partial charge in [-0.2, -0.15) is 5.10 Å². The zero-order valence-corrected chi connectivity index (χ0v) is 11.7. The zero-order valence-electron chi connectivity index (χ0n) is 10.9. The Hall–Kier alpha value is -0.900. The lowest BCUT2D eigenvalue weighted by atomic mass is 9.96. The van der Waals surface area contributed by atoms with E-state index in [0.29, 0.717) is 17.1 Å². The van der Waals surface area contributed by atoms with E-state index in [0.717, 1.165) is 6.42 Å². The van der Waals surface area contributed by atoms with Crippen LogP contribution in [0.2, 0.25) is 0 Å². The minimum atomic E-state index is 0.548. The molecule has 2 rings (SSSR count). The maximum atomic E-state index is 5.25. The van der Waals surface area contributed by atoms with Crippen LogP contribution in [0, 0.1) is 5.92 Å². The number of nitrogens with zero attached hydrogens (tertiary/aromatic N) is 1. The lowest BCUT2D eigenvalue weighted by Gasteiger charge is -2.23.